The van der Waals surface area contributed by atoms with Crippen LogP contribution in [0.1, 0.15) is 52.0 Å². The molecule has 2 unspecified atom stereocenters. The third kappa shape index (κ3) is 2.48. The van der Waals surface area contributed by atoms with Crippen molar-refractivity contribution in [3.8, 4) is 5.75 Å². The van der Waals surface area contributed by atoms with E-state index in [9.17, 15) is 5.11 Å². The van der Waals surface area contributed by atoms with Gasteiger partial charge >= 0.3 is 0 Å². The van der Waals surface area contributed by atoms with Crippen molar-refractivity contribution in [1.29, 1.82) is 0 Å². The largest absolute Gasteiger partial charge is 0.508 e. The minimum Gasteiger partial charge on any atom is -0.508 e. The van der Waals surface area contributed by atoms with Crippen molar-refractivity contribution in [2.75, 3.05) is 0 Å². The molecule has 0 amide bonds. The summed E-state index contributed by atoms with van der Waals surface area (Å²) in [5.74, 6) is 1.98. The van der Waals surface area contributed by atoms with Gasteiger partial charge < -0.3 is 5.11 Å². The number of phenols is 1. The molecule has 2 atom stereocenters. The van der Waals surface area contributed by atoms with E-state index in [0.717, 1.165) is 11.5 Å². The summed E-state index contributed by atoms with van der Waals surface area (Å²) in [4.78, 5) is 0. The van der Waals surface area contributed by atoms with Crippen molar-refractivity contribution in [3.05, 3.63) is 29.8 Å². The molecule has 1 aliphatic rings. The molecule has 17 heavy (non-hydrogen) atoms. The Bertz CT molecular complexity index is 381. The van der Waals surface area contributed by atoms with Crippen molar-refractivity contribution in [2.24, 2.45) is 11.8 Å². The molecule has 2 rings (SSSR count). The fraction of sp³-hybridized carbons (Fsp3) is 0.625. The lowest BCUT2D eigenvalue weighted by Crippen LogP contribution is -2.32. The van der Waals surface area contributed by atoms with Crippen LogP contribution >= 0.6 is 0 Å². The van der Waals surface area contributed by atoms with Gasteiger partial charge in [-0.1, -0.05) is 51.8 Å². The Balaban J connectivity index is 2.26. The zero-order valence-electron chi connectivity index (χ0n) is 11.2. The van der Waals surface area contributed by atoms with Gasteiger partial charge in [0, 0.05) is 0 Å². The SMILES string of the molecule is CC1CCCC(C(C)(C)c2ccccc2O)C1. The minimum absolute atomic E-state index is 0.0834. The highest BCUT2D eigenvalue weighted by atomic mass is 16.3. The highest BCUT2D eigenvalue weighted by Gasteiger charge is 2.35. The molecule has 0 bridgehead atoms. The summed E-state index contributed by atoms with van der Waals surface area (Å²) >= 11 is 0. The second kappa shape index (κ2) is 4.72. The molecule has 0 aliphatic heterocycles. The van der Waals surface area contributed by atoms with Crippen LogP contribution in [0.3, 0.4) is 0 Å². The van der Waals surface area contributed by atoms with E-state index in [2.05, 4.69) is 26.8 Å². The molecule has 1 nitrogen and oxygen atoms in total. The van der Waals surface area contributed by atoms with Crippen LogP contribution in [-0.2, 0) is 5.41 Å². The van der Waals surface area contributed by atoms with E-state index in [1.165, 1.54) is 25.7 Å². The van der Waals surface area contributed by atoms with Gasteiger partial charge in [-0.3, -0.25) is 0 Å². The molecule has 1 N–H and O–H groups in total. The second-order valence-electron chi connectivity index (χ2n) is 6.21. The molecule has 0 spiro atoms. The summed E-state index contributed by atoms with van der Waals surface area (Å²) in [6, 6.07) is 7.82. The van der Waals surface area contributed by atoms with Gasteiger partial charge in [0.1, 0.15) is 5.75 Å². The van der Waals surface area contributed by atoms with Crippen LogP contribution < -0.4 is 0 Å². The van der Waals surface area contributed by atoms with Crippen molar-refractivity contribution in [3.63, 3.8) is 0 Å². The molecule has 0 radical (unpaired) electrons. The topological polar surface area (TPSA) is 20.2 Å². The fourth-order valence-corrected chi connectivity index (χ4v) is 3.33. The maximum absolute atomic E-state index is 10.0. The van der Waals surface area contributed by atoms with Crippen molar-refractivity contribution < 1.29 is 5.11 Å². The van der Waals surface area contributed by atoms with Crippen LogP contribution in [0.25, 0.3) is 0 Å². The van der Waals surface area contributed by atoms with Gasteiger partial charge in [0.15, 0.2) is 0 Å². The molecule has 94 valence electrons. The van der Waals surface area contributed by atoms with Crippen LogP contribution in [-0.4, -0.2) is 5.11 Å². The first-order chi connectivity index (χ1) is 8.01. The number of benzene rings is 1. The summed E-state index contributed by atoms with van der Waals surface area (Å²) in [6.45, 7) is 6.92. The van der Waals surface area contributed by atoms with Gasteiger partial charge in [0.2, 0.25) is 0 Å². The smallest absolute Gasteiger partial charge is 0.119 e. The summed E-state index contributed by atoms with van der Waals surface area (Å²) < 4.78 is 0. The summed E-state index contributed by atoms with van der Waals surface area (Å²) in [6.07, 6.45) is 5.29. The van der Waals surface area contributed by atoms with Gasteiger partial charge in [0.25, 0.3) is 0 Å². The average Bonchev–Trinajstić information content (AvgIpc) is 2.29. The van der Waals surface area contributed by atoms with Gasteiger partial charge in [-0.2, -0.15) is 0 Å². The first-order valence-corrected chi connectivity index (χ1v) is 6.80. The monoisotopic (exact) mass is 232 g/mol. The van der Waals surface area contributed by atoms with Crippen LogP contribution in [0.4, 0.5) is 0 Å². The van der Waals surface area contributed by atoms with Crippen LogP contribution in [0.5, 0.6) is 5.75 Å². The zero-order chi connectivity index (χ0) is 12.5. The second-order valence-corrected chi connectivity index (χ2v) is 6.21. The molecule has 0 heterocycles. The van der Waals surface area contributed by atoms with E-state index >= 15 is 0 Å². The van der Waals surface area contributed by atoms with Crippen LogP contribution in [0, 0.1) is 11.8 Å². The van der Waals surface area contributed by atoms with E-state index in [1.54, 1.807) is 0 Å². The van der Waals surface area contributed by atoms with E-state index < -0.39 is 0 Å². The molecule has 1 aliphatic carbocycles. The highest BCUT2D eigenvalue weighted by molar-refractivity contribution is 5.38. The molecule has 1 aromatic rings. The summed E-state index contributed by atoms with van der Waals surface area (Å²) in [5.41, 5.74) is 1.19. The Kier molecular flexibility index (Phi) is 3.46. The van der Waals surface area contributed by atoms with Gasteiger partial charge in [-0.05, 0) is 41.7 Å². The molecule has 0 saturated heterocycles. The van der Waals surface area contributed by atoms with Crippen LogP contribution in [0.2, 0.25) is 0 Å². The lowest BCUT2D eigenvalue weighted by atomic mass is 9.65. The Morgan fingerprint density at radius 2 is 1.88 bits per heavy atom. The normalized spacial score (nSPS) is 25.8. The third-order valence-electron chi connectivity index (χ3n) is 4.56. The quantitative estimate of drug-likeness (QED) is 0.796. The summed E-state index contributed by atoms with van der Waals surface area (Å²) in [5, 5.41) is 10.0. The highest BCUT2D eigenvalue weighted by Crippen LogP contribution is 2.44. The third-order valence-corrected chi connectivity index (χ3v) is 4.56. The Morgan fingerprint density at radius 3 is 2.53 bits per heavy atom. The van der Waals surface area contributed by atoms with Crippen molar-refractivity contribution in [2.45, 2.75) is 51.9 Å². The molecular formula is C16H24O. The van der Waals surface area contributed by atoms with Gasteiger partial charge in [-0.25, -0.2) is 0 Å². The first-order valence-electron chi connectivity index (χ1n) is 6.80. The molecule has 1 saturated carbocycles. The number of para-hydroxylation sites is 1. The van der Waals surface area contributed by atoms with E-state index in [0.29, 0.717) is 11.7 Å². The lowest BCUT2D eigenvalue weighted by molar-refractivity contribution is 0.191. The summed E-state index contributed by atoms with van der Waals surface area (Å²) in [7, 11) is 0. The Labute approximate surface area is 105 Å². The fourth-order valence-electron chi connectivity index (χ4n) is 3.33. The lowest BCUT2D eigenvalue weighted by Gasteiger charge is -2.39. The van der Waals surface area contributed by atoms with Crippen molar-refractivity contribution >= 4 is 0 Å². The van der Waals surface area contributed by atoms with Crippen LogP contribution in [0.15, 0.2) is 24.3 Å². The predicted octanol–water partition coefficient (Wildman–Crippen LogP) is 4.50. The first kappa shape index (κ1) is 12.5. The van der Waals surface area contributed by atoms with Gasteiger partial charge in [-0.15, -0.1) is 0 Å². The number of hydrogen-bond acceptors (Lipinski definition) is 1. The molecule has 1 aromatic carbocycles. The predicted molar refractivity (Wildman–Crippen MR) is 72.3 cm³/mol. The van der Waals surface area contributed by atoms with Gasteiger partial charge in [0.05, 0.1) is 0 Å². The molecule has 1 heteroatoms. The molecule has 1 fully saturated rings. The number of aromatic hydroxyl groups is 1. The standard InChI is InChI=1S/C16H24O/c1-12-7-6-8-13(11-12)16(2,3)14-9-4-5-10-15(14)17/h4-5,9-10,12-13,17H,6-8,11H2,1-3H3. The number of rotatable bonds is 2. The Morgan fingerprint density at radius 1 is 1.18 bits per heavy atom. The Hall–Kier alpha value is -0.980. The van der Waals surface area contributed by atoms with E-state index in [4.69, 9.17) is 0 Å². The maximum Gasteiger partial charge on any atom is 0.119 e. The zero-order valence-corrected chi connectivity index (χ0v) is 11.2. The number of phenolic OH excluding ortho intramolecular Hbond substituents is 1. The van der Waals surface area contributed by atoms with E-state index in [-0.39, 0.29) is 5.41 Å². The maximum atomic E-state index is 10.0. The molecule has 0 aromatic heterocycles. The van der Waals surface area contributed by atoms with E-state index in [1.807, 2.05) is 18.2 Å². The average molecular weight is 232 g/mol. The minimum atomic E-state index is 0.0834. The van der Waals surface area contributed by atoms with Crippen molar-refractivity contribution in [1.82, 2.24) is 0 Å². The number of hydrogen-bond donors (Lipinski definition) is 1. The molecular weight excluding hydrogens is 208 g/mol.